The largest absolute Gasteiger partial charge is 0.335 e. The highest BCUT2D eigenvalue weighted by Crippen LogP contribution is 2.32. The first kappa shape index (κ1) is 15.6. The van der Waals surface area contributed by atoms with E-state index < -0.39 is 10.0 Å². The van der Waals surface area contributed by atoms with Crippen molar-refractivity contribution in [3.8, 4) is 0 Å². The van der Waals surface area contributed by atoms with Gasteiger partial charge in [-0.1, -0.05) is 0 Å². The third-order valence-corrected chi connectivity index (χ3v) is 4.81. The fourth-order valence-electron chi connectivity index (χ4n) is 2.69. The van der Waals surface area contributed by atoms with E-state index in [0.717, 1.165) is 25.6 Å². The van der Waals surface area contributed by atoms with Crippen LogP contribution in [0.1, 0.15) is 32.6 Å². The lowest BCUT2D eigenvalue weighted by atomic mass is 9.99. The summed E-state index contributed by atoms with van der Waals surface area (Å²) in [4.78, 5) is 14.0. The van der Waals surface area contributed by atoms with Crippen LogP contribution in [-0.2, 0) is 10.0 Å². The van der Waals surface area contributed by atoms with Crippen LogP contribution in [0.5, 0.6) is 0 Å². The fraction of sp³-hybridized carbons (Fsp3) is 0.923. The second kappa shape index (κ2) is 6.30. The zero-order valence-corrected chi connectivity index (χ0v) is 13.1. The summed E-state index contributed by atoms with van der Waals surface area (Å²) < 4.78 is 24.8. The lowest BCUT2D eigenvalue weighted by molar-refractivity contribution is 0.162. The molecule has 2 N–H and O–H groups in total. The maximum Gasteiger partial charge on any atom is 0.317 e. The van der Waals surface area contributed by atoms with Crippen molar-refractivity contribution in [3.63, 3.8) is 0 Å². The Hall–Kier alpha value is -0.820. The van der Waals surface area contributed by atoms with Gasteiger partial charge in [-0.15, -0.1) is 0 Å². The van der Waals surface area contributed by atoms with Crippen molar-refractivity contribution in [2.75, 3.05) is 25.9 Å². The molecular formula is C13H25N3O3S. The summed E-state index contributed by atoms with van der Waals surface area (Å²) >= 11 is 0. The maximum atomic E-state index is 12.2. The van der Waals surface area contributed by atoms with Gasteiger partial charge in [0.15, 0.2) is 0 Å². The molecule has 116 valence electrons. The normalized spacial score (nSPS) is 25.3. The summed E-state index contributed by atoms with van der Waals surface area (Å²) in [6.07, 6.45) is 5.48. The molecular weight excluding hydrogens is 278 g/mol. The Labute approximate surface area is 121 Å². The average molecular weight is 303 g/mol. The number of nitrogens with one attached hydrogen (secondary N) is 2. The second-order valence-electron chi connectivity index (χ2n) is 6.15. The molecule has 1 aliphatic heterocycles. The number of nitrogens with zero attached hydrogens (tertiary/aromatic N) is 1. The molecule has 1 saturated heterocycles. The van der Waals surface area contributed by atoms with Crippen molar-refractivity contribution < 1.29 is 13.2 Å². The summed E-state index contributed by atoms with van der Waals surface area (Å²) in [6.45, 7) is 3.87. The minimum atomic E-state index is -3.15. The number of hydrogen-bond acceptors (Lipinski definition) is 3. The Morgan fingerprint density at radius 1 is 1.35 bits per heavy atom. The van der Waals surface area contributed by atoms with Crippen molar-refractivity contribution in [2.45, 2.75) is 38.6 Å². The zero-order valence-electron chi connectivity index (χ0n) is 12.3. The van der Waals surface area contributed by atoms with Crippen molar-refractivity contribution in [1.82, 2.24) is 14.9 Å². The first-order valence-electron chi connectivity index (χ1n) is 7.35. The molecule has 2 unspecified atom stereocenters. The minimum absolute atomic E-state index is 0.00606. The summed E-state index contributed by atoms with van der Waals surface area (Å²) in [5, 5.41) is 3.05. The van der Waals surface area contributed by atoms with Crippen LogP contribution < -0.4 is 10.0 Å². The van der Waals surface area contributed by atoms with Crippen LogP contribution in [0, 0.1) is 11.8 Å². The topological polar surface area (TPSA) is 78.5 Å². The molecule has 0 radical (unpaired) electrons. The van der Waals surface area contributed by atoms with Gasteiger partial charge in [0.25, 0.3) is 0 Å². The molecule has 0 aromatic rings. The molecule has 2 fully saturated rings. The molecule has 0 aromatic carbocycles. The van der Waals surface area contributed by atoms with Crippen LogP contribution in [-0.4, -0.2) is 51.3 Å². The lowest BCUT2D eigenvalue weighted by Crippen LogP contribution is -2.50. The molecule has 0 aromatic heterocycles. The third-order valence-electron chi connectivity index (χ3n) is 4.12. The molecule has 2 atom stereocenters. The van der Waals surface area contributed by atoms with E-state index in [1.54, 1.807) is 0 Å². The number of sulfonamides is 1. The summed E-state index contributed by atoms with van der Waals surface area (Å²) in [5.74, 6) is 0.854. The molecule has 2 aliphatic rings. The first-order chi connectivity index (χ1) is 9.35. The number of likely N-dealkylation sites (tertiary alicyclic amines) is 1. The molecule has 1 saturated carbocycles. The molecule has 7 heteroatoms. The predicted molar refractivity (Wildman–Crippen MR) is 77.9 cm³/mol. The van der Waals surface area contributed by atoms with Crippen LogP contribution in [0.15, 0.2) is 0 Å². The van der Waals surface area contributed by atoms with E-state index in [9.17, 15) is 13.2 Å². The standard InChI is InChI=1S/C13H25N3O3S/c1-10(12-5-6-12)15-13(17)16-7-3-4-11(9-16)8-14-20(2,18)19/h10-12,14H,3-9H2,1-2H3,(H,15,17). The Kier molecular flexibility index (Phi) is 4.90. The molecule has 2 amide bonds. The van der Waals surface area contributed by atoms with Crippen LogP contribution in [0.25, 0.3) is 0 Å². The van der Waals surface area contributed by atoms with E-state index in [2.05, 4.69) is 17.0 Å². The van der Waals surface area contributed by atoms with Gasteiger partial charge in [-0.25, -0.2) is 17.9 Å². The highest BCUT2D eigenvalue weighted by atomic mass is 32.2. The van der Waals surface area contributed by atoms with Gasteiger partial charge in [0.2, 0.25) is 10.0 Å². The van der Waals surface area contributed by atoms with E-state index >= 15 is 0 Å². The number of amides is 2. The van der Waals surface area contributed by atoms with Gasteiger partial charge in [0.05, 0.1) is 6.26 Å². The number of hydrogen-bond donors (Lipinski definition) is 2. The maximum absolute atomic E-state index is 12.2. The molecule has 20 heavy (non-hydrogen) atoms. The van der Waals surface area contributed by atoms with Gasteiger partial charge < -0.3 is 10.2 Å². The molecule has 2 rings (SSSR count). The quantitative estimate of drug-likeness (QED) is 0.787. The van der Waals surface area contributed by atoms with Crippen molar-refractivity contribution >= 4 is 16.1 Å². The number of rotatable bonds is 5. The van der Waals surface area contributed by atoms with Crippen molar-refractivity contribution in [1.29, 1.82) is 0 Å². The van der Waals surface area contributed by atoms with E-state index in [0.29, 0.717) is 19.0 Å². The van der Waals surface area contributed by atoms with Gasteiger partial charge in [0, 0.05) is 25.7 Å². The molecule has 1 heterocycles. The zero-order chi connectivity index (χ0) is 14.8. The fourth-order valence-corrected chi connectivity index (χ4v) is 3.22. The van der Waals surface area contributed by atoms with Gasteiger partial charge in [-0.2, -0.15) is 0 Å². The molecule has 0 bridgehead atoms. The SMILES string of the molecule is CC(NC(=O)N1CCCC(CNS(C)(=O)=O)C1)C1CC1. The molecule has 0 spiro atoms. The van der Waals surface area contributed by atoms with E-state index in [1.165, 1.54) is 12.8 Å². The second-order valence-corrected chi connectivity index (χ2v) is 7.98. The van der Waals surface area contributed by atoms with Crippen LogP contribution in [0.2, 0.25) is 0 Å². The van der Waals surface area contributed by atoms with Gasteiger partial charge in [0.1, 0.15) is 0 Å². The number of piperidine rings is 1. The Morgan fingerprint density at radius 3 is 2.65 bits per heavy atom. The predicted octanol–water partition coefficient (Wildman–Crippen LogP) is 0.756. The van der Waals surface area contributed by atoms with E-state index in [1.807, 2.05) is 4.90 Å². The van der Waals surface area contributed by atoms with Crippen LogP contribution in [0.4, 0.5) is 4.79 Å². The molecule has 1 aliphatic carbocycles. The average Bonchev–Trinajstić information content (AvgIpc) is 3.20. The Balaban J connectivity index is 1.78. The van der Waals surface area contributed by atoms with E-state index in [-0.39, 0.29) is 18.0 Å². The minimum Gasteiger partial charge on any atom is -0.335 e. The summed E-state index contributed by atoms with van der Waals surface area (Å²) in [6, 6.07) is 0.241. The highest BCUT2D eigenvalue weighted by molar-refractivity contribution is 7.88. The number of carbonyl (C=O) groups is 1. The van der Waals surface area contributed by atoms with Gasteiger partial charge >= 0.3 is 6.03 Å². The van der Waals surface area contributed by atoms with Crippen LogP contribution in [0.3, 0.4) is 0 Å². The highest BCUT2D eigenvalue weighted by Gasteiger charge is 2.31. The van der Waals surface area contributed by atoms with Gasteiger partial charge in [-0.05, 0) is 44.4 Å². The van der Waals surface area contributed by atoms with Crippen molar-refractivity contribution in [2.24, 2.45) is 11.8 Å². The smallest absolute Gasteiger partial charge is 0.317 e. The molecule has 6 nitrogen and oxygen atoms in total. The Morgan fingerprint density at radius 2 is 2.05 bits per heavy atom. The lowest BCUT2D eigenvalue weighted by Gasteiger charge is -2.33. The monoisotopic (exact) mass is 303 g/mol. The Bertz CT molecular complexity index is 448. The van der Waals surface area contributed by atoms with Gasteiger partial charge in [-0.3, -0.25) is 0 Å². The first-order valence-corrected chi connectivity index (χ1v) is 9.24. The third kappa shape index (κ3) is 4.94. The van der Waals surface area contributed by atoms with Crippen molar-refractivity contribution in [3.05, 3.63) is 0 Å². The summed E-state index contributed by atoms with van der Waals surface area (Å²) in [5.41, 5.74) is 0. The number of urea groups is 1. The summed E-state index contributed by atoms with van der Waals surface area (Å²) in [7, 11) is -3.15. The van der Waals surface area contributed by atoms with Crippen LogP contribution >= 0.6 is 0 Å². The van der Waals surface area contributed by atoms with E-state index in [4.69, 9.17) is 0 Å². The number of carbonyl (C=O) groups excluding carboxylic acids is 1.